The Kier molecular flexibility index (Phi) is 7.33. The van der Waals surface area contributed by atoms with Crippen LogP contribution in [0.25, 0.3) is 0 Å². The molecule has 0 radical (unpaired) electrons. The number of Topliss-reactive ketones (excluding diaryl/α,β-unsaturated/α-hetero) is 1. The first-order valence-corrected chi connectivity index (χ1v) is 13.6. The number of ketones is 1. The summed E-state index contributed by atoms with van der Waals surface area (Å²) in [6.07, 6.45) is 6.26. The number of hydrogen-bond donors (Lipinski definition) is 1. The third-order valence-corrected chi connectivity index (χ3v) is 8.19. The molecule has 6 heteroatoms. The standard InChI is InChI=1S/C30H32BrNO4/c1-18-27(30(34)36-24-6-4-3-5-7-24)28(20-8-12-22(31)13-9-20)29-25(32-18)16-21(17-26(29)33)19-10-14-23(35-2)15-11-19/h8-15,21,24,28,32H,3-7,16-17H2,1-2H3. The summed E-state index contributed by atoms with van der Waals surface area (Å²) in [5, 5.41) is 3.45. The summed E-state index contributed by atoms with van der Waals surface area (Å²) >= 11 is 3.51. The second kappa shape index (κ2) is 10.6. The van der Waals surface area contributed by atoms with Gasteiger partial charge in [0.25, 0.3) is 0 Å². The summed E-state index contributed by atoms with van der Waals surface area (Å²) in [7, 11) is 1.65. The molecule has 2 aliphatic carbocycles. The van der Waals surface area contributed by atoms with Gasteiger partial charge in [-0.2, -0.15) is 0 Å². The highest BCUT2D eigenvalue weighted by atomic mass is 79.9. The summed E-state index contributed by atoms with van der Waals surface area (Å²) in [6, 6.07) is 15.9. The van der Waals surface area contributed by atoms with Crippen LogP contribution in [-0.4, -0.2) is 25.0 Å². The molecule has 0 spiro atoms. The molecule has 3 aliphatic rings. The van der Waals surface area contributed by atoms with E-state index >= 15 is 0 Å². The van der Waals surface area contributed by atoms with Crippen molar-refractivity contribution in [3.05, 3.63) is 86.7 Å². The maximum Gasteiger partial charge on any atom is 0.337 e. The molecule has 36 heavy (non-hydrogen) atoms. The molecule has 1 heterocycles. The molecule has 0 saturated heterocycles. The fourth-order valence-corrected chi connectivity index (χ4v) is 6.07. The van der Waals surface area contributed by atoms with Crippen molar-refractivity contribution in [3.63, 3.8) is 0 Å². The van der Waals surface area contributed by atoms with E-state index in [-0.39, 0.29) is 23.8 Å². The van der Waals surface area contributed by atoms with Gasteiger partial charge in [-0.3, -0.25) is 4.79 Å². The zero-order valence-corrected chi connectivity index (χ0v) is 22.4. The number of ether oxygens (including phenoxy) is 2. The summed E-state index contributed by atoms with van der Waals surface area (Å²) in [6.45, 7) is 1.93. The van der Waals surface area contributed by atoms with Gasteiger partial charge in [0, 0.05) is 33.8 Å². The van der Waals surface area contributed by atoms with Crippen LogP contribution in [0.15, 0.2) is 75.5 Å². The number of carbonyl (C=O) groups excluding carboxylic acids is 2. The normalized spacial score (nSPS) is 22.7. The van der Waals surface area contributed by atoms with Crippen molar-refractivity contribution in [2.45, 2.75) is 69.8 Å². The molecule has 0 amide bonds. The minimum Gasteiger partial charge on any atom is -0.497 e. The van der Waals surface area contributed by atoms with E-state index in [2.05, 4.69) is 21.2 Å². The Balaban J connectivity index is 1.50. The summed E-state index contributed by atoms with van der Waals surface area (Å²) in [4.78, 5) is 27.3. The van der Waals surface area contributed by atoms with Gasteiger partial charge >= 0.3 is 5.97 Å². The second-order valence-electron chi connectivity index (χ2n) is 10.0. The molecular formula is C30H32BrNO4. The Morgan fingerprint density at radius 3 is 2.28 bits per heavy atom. The highest BCUT2D eigenvalue weighted by molar-refractivity contribution is 9.10. The van der Waals surface area contributed by atoms with Crippen LogP contribution in [0, 0.1) is 0 Å². The minimum absolute atomic E-state index is 0.0472. The molecule has 2 unspecified atom stereocenters. The Hall–Kier alpha value is -2.86. The quantitative estimate of drug-likeness (QED) is 0.420. The van der Waals surface area contributed by atoms with Crippen LogP contribution in [-0.2, 0) is 14.3 Å². The predicted molar refractivity (Wildman–Crippen MR) is 143 cm³/mol. The van der Waals surface area contributed by atoms with Crippen molar-refractivity contribution >= 4 is 27.7 Å². The smallest absolute Gasteiger partial charge is 0.337 e. The van der Waals surface area contributed by atoms with E-state index in [4.69, 9.17) is 9.47 Å². The van der Waals surface area contributed by atoms with Crippen LogP contribution in [0.4, 0.5) is 0 Å². The lowest BCUT2D eigenvalue weighted by atomic mass is 9.71. The van der Waals surface area contributed by atoms with Crippen molar-refractivity contribution in [2.75, 3.05) is 7.11 Å². The maximum atomic E-state index is 13.7. The van der Waals surface area contributed by atoms with Gasteiger partial charge in [0.1, 0.15) is 11.9 Å². The number of rotatable bonds is 5. The van der Waals surface area contributed by atoms with E-state index in [0.717, 1.165) is 58.4 Å². The molecule has 0 aromatic heterocycles. The SMILES string of the molecule is COc1ccc(C2CC(=O)C3=C(C2)NC(C)=C(C(=O)OC2CCCCC2)C3c2ccc(Br)cc2)cc1. The largest absolute Gasteiger partial charge is 0.497 e. The summed E-state index contributed by atoms with van der Waals surface area (Å²) < 4.78 is 12.3. The number of methoxy groups -OCH3 is 1. The van der Waals surface area contributed by atoms with Gasteiger partial charge in [-0.05, 0) is 80.3 Å². The van der Waals surface area contributed by atoms with Crippen LogP contribution in [0.1, 0.15) is 74.8 Å². The van der Waals surface area contributed by atoms with E-state index in [1.54, 1.807) is 7.11 Å². The molecule has 2 aromatic rings. The third kappa shape index (κ3) is 5.01. The molecule has 188 valence electrons. The summed E-state index contributed by atoms with van der Waals surface area (Å²) in [5.74, 6) is 0.203. The Morgan fingerprint density at radius 1 is 0.944 bits per heavy atom. The second-order valence-corrected chi connectivity index (χ2v) is 10.9. The van der Waals surface area contributed by atoms with Gasteiger partial charge in [-0.15, -0.1) is 0 Å². The fraction of sp³-hybridized carbons (Fsp3) is 0.400. The van der Waals surface area contributed by atoms with Crippen LogP contribution in [0.2, 0.25) is 0 Å². The van der Waals surface area contributed by atoms with E-state index in [1.807, 2.05) is 55.5 Å². The number of nitrogens with one attached hydrogen (secondary N) is 1. The number of benzene rings is 2. The molecule has 2 atom stereocenters. The Labute approximate surface area is 221 Å². The number of hydrogen-bond acceptors (Lipinski definition) is 5. The zero-order chi connectivity index (χ0) is 25.2. The van der Waals surface area contributed by atoms with Gasteiger partial charge in [-0.25, -0.2) is 4.79 Å². The molecular weight excluding hydrogens is 518 g/mol. The Bertz CT molecular complexity index is 1210. The average molecular weight is 550 g/mol. The van der Waals surface area contributed by atoms with Gasteiger partial charge < -0.3 is 14.8 Å². The van der Waals surface area contributed by atoms with E-state index in [0.29, 0.717) is 24.0 Å². The Morgan fingerprint density at radius 2 is 1.61 bits per heavy atom. The molecule has 2 aromatic carbocycles. The van der Waals surface area contributed by atoms with Crippen molar-refractivity contribution in [1.29, 1.82) is 0 Å². The van der Waals surface area contributed by atoms with E-state index < -0.39 is 5.92 Å². The first-order valence-electron chi connectivity index (χ1n) is 12.8. The molecule has 5 nitrogen and oxygen atoms in total. The highest BCUT2D eigenvalue weighted by Gasteiger charge is 2.41. The molecule has 5 rings (SSSR count). The molecule has 1 fully saturated rings. The van der Waals surface area contributed by atoms with Gasteiger partial charge in [0.2, 0.25) is 0 Å². The topological polar surface area (TPSA) is 64.6 Å². The minimum atomic E-state index is -0.435. The van der Waals surface area contributed by atoms with Crippen LogP contribution in [0.5, 0.6) is 5.75 Å². The van der Waals surface area contributed by atoms with Gasteiger partial charge in [0.05, 0.1) is 12.7 Å². The molecule has 1 aliphatic heterocycles. The van der Waals surface area contributed by atoms with Crippen molar-refractivity contribution in [1.82, 2.24) is 5.32 Å². The fourth-order valence-electron chi connectivity index (χ4n) is 5.81. The molecule has 1 saturated carbocycles. The first-order chi connectivity index (χ1) is 17.4. The van der Waals surface area contributed by atoms with Crippen molar-refractivity contribution in [3.8, 4) is 5.75 Å². The molecule has 1 N–H and O–H groups in total. The average Bonchev–Trinajstić information content (AvgIpc) is 2.89. The zero-order valence-electron chi connectivity index (χ0n) is 20.8. The number of esters is 1. The van der Waals surface area contributed by atoms with Crippen LogP contribution < -0.4 is 10.1 Å². The lowest BCUT2D eigenvalue weighted by Crippen LogP contribution is -2.37. The lowest BCUT2D eigenvalue weighted by Gasteiger charge is -2.37. The number of dihydropyridines is 1. The highest BCUT2D eigenvalue weighted by Crippen LogP contribution is 2.46. The van der Waals surface area contributed by atoms with E-state index in [1.165, 1.54) is 6.42 Å². The third-order valence-electron chi connectivity index (χ3n) is 7.66. The maximum absolute atomic E-state index is 13.7. The predicted octanol–water partition coefficient (Wildman–Crippen LogP) is 6.70. The number of halogens is 1. The van der Waals surface area contributed by atoms with Crippen LogP contribution >= 0.6 is 15.9 Å². The van der Waals surface area contributed by atoms with Crippen molar-refractivity contribution in [2.24, 2.45) is 0 Å². The van der Waals surface area contributed by atoms with Crippen molar-refractivity contribution < 1.29 is 19.1 Å². The monoisotopic (exact) mass is 549 g/mol. The summed E-state index contributed by atoms with van der Waals surface area (Å²) in [5.41, 5.74) is 4.97. The van der Waals surface area contributed by atoms with Gasteiger partial charge in [-0.1, -0.05) is 46.6 Å². The number of carbonyl (C=O) groups is 2. The van der Waals surface area contributed by atoms with Gasteiger partial charge in [0.15, 0.2) is 5.78 Å². The lowest BCUT2D eigenvalue weighted by molar-refractivity contribution is -0.146. The molecule has 0 bridgehead atoms. The van der Waals surface area contributed by atoms with E-state index in [9.17, 15) is 9.59 Å². The first kappa shape index (κ1) is 24.8. The van der Waals surface area contributed by atoms with Crippen LogP contribution in [0.3, 0.4) is 0 Å². The number of allylic oxidation sites excluding steroid dienone is 3.